The van der Waals surface area contributed by atoms with Crippen LogP contribution in [0.25, 0.3) is 0 Å². The summed E-state index contributed by atoms with van der Waals surface area (Å²) in [5.74, 6) is 0.582. The average molecular weight is 206 g/mol. The Morgan fingerprint density at radius 2 is 1.73 bits per heavy atom. The van der Waals surface area contributed by atoms with E-state index in [0.717, 1.165) is 18.4 Å². The van der Waals surface area contributed by atoms with E-state index in [-0.39, 0.29) is 6.10 Å². The van der Waals surface area contributed by atoms with E-state index < -0.39 is 0 Å². The molecule has 1 aromatic carbocycles. The molecule has 0 aliphatic rings. The van der Waals surface area contributed by atoms with Crippen molar-refractivity contribution in [1.29, 1.82) is 0 Å². The van der Waals surface area contributed by atoms with Gasteiger partial charge in [0.1, 0.15) is 0 Å². The van der Waals surface area contributed by atoms with Gasteiger partial charge >= 0.3 is 0 Å². The van der Waals surface area contributed by atoms with Crippen LogP contribution >= 0.6 is 0 Å². The molecule has 1 heteroatoms. The van der Waals surface area contributed by atoms with Crippen LogP contribution in [-0.4, -0.2) is 5.11 Å². The van der Waals surface area contributed by atoms with E-state index in [1.54, 1.807) is 0 Å². The van der Waals surface area contributed by atoms with Gasteiger partial charge in [0.25, 0.3) is 0 Å². The molecule has 0 radical (unpaired) electrons. The highest BCUT2D eigenvalue weighted by molar-refractivity contribution is 5.38. The van der Waals surface area contributed by atoms with Crippen molar-refractivity contribution in [3.63, 3.8) is 0 Å². The van der Waals surface area contributed by atoms with Crippen LogP contribution < -0.4 is 0 Å². The molecule has 0 saturated carbocycles. The van der Waals surface area contributed by atoms with Gasteiger partial charge in [0.15, 0.2) is 0 Å². The lowest BCUT2D eigenvalue weighted by Gasteiger charge is -2.19. The zero-order valence-corrected chi connectivity index (χ0v) is 10.2. The Morgan fingerprint density at radius 3 is 2.20 bits per heavy atom. The highest BCUT2D eigenvalue weighted by atomic mass is 16.3. The van der Waals surface area contributed by atoms with Gasteiger partial charge in [-0.2, -0.15) is 0 Å². The summed E-state index contributed by atoms with van der Waals surface area (Å²) in [4.78, 5) is 0. The van der Waals surface area contributed by atoms with Gasteiger partial charge in [0.2, 0.25) is 0 Å². The third-order valence-corrected chi connectivity index (χ3v) is 3.20. The molecule has 1 nitrogen and oxygen atoms in total. The van der Waals surface area contributed by atoms with Gasteiger partial charge in [-0.1, -0.05) is 39.0 Å². The van der Waals surface area contributed by atoms with Crippen LogP contribution in [-0.2, 0) is 6.42 Å². The number of hydrogen-bond acceptors (Lipinski definition) is 1. The molecule has 0 aromatic heterocycles. The predicted molar refractivity (Wildman–Crippen MR) is 65.2 cm³/mol. The fourth-order valence-corrected chi connectivity index (χ4v) is 2.10. The zero-order valence-electron chi connectivity index (χ0n) is 10.2. The minimum absolute atomic E-state index is 0.357. The zero-order chi connectivity index (χ0) is 11.4. The van der Waals surface area contributed by atoms with Gasteiger partial charge in [0, 0.05) is 0 Å². The first-order chi connectivity index (χ1) is 7.11. The first kappa shape index (κ1) is 12.3. The Balaban J connectivity index is 3.22. The summed E-state index contributed by atoms with van der Waals surface area (Å²) >= 11 is 0. The molecule has 15 heavy (non-hydrogen) atoms. The maximum absolute atomic E-state index is 9.71. The number of rotatable bonds is 4. The molecule has 1 aromatic rings. The number of aliphatic hydroxyl groups is 1. The van der Waals surface area contributed by atoms with Crippen LogP contribution in [0.3, 0.4) is 0 Å². The summed E-state index contributed by atoms with van der Waals surface area (Å²) in [7, 11) is 0. The second-order valence-corrected chi connectivity index (χ2v) is 4.25. The van der Waals surface area contributed by atoms with Crippen molar-refractivity contribution >= 4 is 0 Å². The van der Waals surface area contributed by atoms with Crippen molar-refractivity contribution in [1.82, 2.24) is 0 Å². The van der Waals surface area contributed by atoms with Gasteiger partial charge < -0.3 is 5.11 Å². The molecular weight excluding hydrogens is 184 g/mol. The van der Waals surface area contributed by atoms with Crippen LogP contribution in [0.4, 0.5) is 0 Å². The molecule has 84 valence electrons. The second-order valence-electron chi connectivity index (χ2n) is 4.25. The minimum atomic E-state index is -0.357. The molecule has 0 fully saturated rings. The molecule has 0 aliphatic carbocycles. The van der Waals surface area contributed by atoms with Gasteiger partial charge in [-0.3, -0.25) is 0 Å². The molecule has 2 atom stereocenters. The standard InChI is InChI=1S/C14H22O/c1-5-10(3)13-8-7-9-14(11(4)15)12(13)6-2/h7-11,15H,5-6H2,1-4H3. The highest BCUT2D eigenvalue weighted by Crippen LogP contribution is 2.28. The van der Waals surface area contributed by atoms with Crippen molar-refractivity contribution in [3.8, 4) is 0 Å². The van der Waals surface area contributed by atoms with Crippen molar-refractivity contribution < 1.29 is 5.11 Å². The SMILES string of the molecule is CCc1c(C(C)O)cccc1C(C)CC. The van der Waals surface area contributed by atoms with E-state index >= 15 is 0 Å². The average Bonchev–Trinajstić information content (AvgIpc) is 2.26. The fraction of sp³-hybridized carbons (Fsp3) is 0.571. The van der Waals surface area contributed by atoms with Gasteiger partial charge in [-0.25, -0.2) is 0 Å². The van der Waals surface area contributed by atoms with Gasteiger partial charge in [-0.05, 0) is 42.4 Å². The topological polar surface area (TPSA) is 20.2 Å². The van der Waals surface area contributed by atoms with Crippen molar-refractivity contribution in [2.24, 2.45) is 0 Å². The number of aliphatic hydroxyl groups excluding tert-OH is 1. The summed E-state index contributed by atoms with van der Waals surface area (Å²) in [5, 5.41) is 9.71. The molecular formula is C14H22O. The molecule has 0 spiro atoms. The van der Waals surface area contributed by atoms with Crippen molar-refractivity contribution in [3.05, 3.63) is 34.9 Å². The predicted octanol–water partition coefficient (Wildman–Crippen LogP) is 3.82. The maximum Gasteiger partial charge on any atom is 0.0764 e. The smallest absolute Gasteiger partial charge is 0.0764 e. The first-order valence-corrected chi connectivity index (χ1v) is 5.91. The Labute approximate surface area is 93.1 Å². The van der Waals surface area contributed by atoms with E-state index in [1.165, 1.54) is 11.1 Å². The first-order valence-electron chi connectivity index (χ1n) is 5.91. The van der Waals surface area contributed by atoms with Crippen molar-refractivity contribution in [2.75, 3.05) is 0 Å². The minimum Gasteiger partial charge on any atom is -0.389 e. The normalized spacial score (nSPS) is 15.0. The van der Waals surface area contributed by atoms with E-state index in [2.05, 4.69) is 32.9 Å². The molecule has 2 unspecified atom stereocenters. The van der Waals surface area contributed by atoms with Crippen LogP contribution in [0.1, 0.15) is 62.8 Å². The quantitative estimate of drug-likeness (QED) is 0.794. The Hall–Kier alpha value is -0.820. The Kier molecular flexibility index (Phi) is 4.34. The summed E-state index contributed by atoms with van der Waals surface area (Å²) in [5.41, 5.74) is 3.83. The Bertz CT molecular complexity index is 315. The van der Waals surface area contributed by atoms with Gasteiger partial charge in [-0.15, -0.1) is 0 Å². The number of hydrogen-bond donors (Lipinski definition) is 1. The molecule has 1 rings (SSSR count). The molecule has 1 N–H and O–H groups in total. The summed E-state index contributed by atoms with van der Waals surface area (Å²) in [6.07, 6.45) is 1.79. The summed E-state index contributed by atoms with van der Waals surface area (Å²) < 4.78 is 0. The van der Waals surface area contributed by atoms with E-state index in [1.807, 2.05) is 13.0 Å². The lowest BCUT2D eigenvalue weighted by Crippen LogP contribution is -2.04. The monoisotopic (exact) mass is 206 g/mol. The Morgan fingerprint density at radius 1 is 1.13 bits per heavy atom. The maximum atomic E-state index is 9.71. The fourth-order valence-electron chi connectivity index (χ4n) is 2.10. The lowest BCUT2D eigenvalue weighted by molar-refractivity contribution is 0.198. The highest BCUT2D eigenvalue weighted by Gasteiger charge is 2.13. The lowest BCUT2D eigenvalue weighted by atomic mass is 9.88. The summed E-state index contributed by atoms with van der Waals surface area (Å²) in [6, 6.07) is 6.29. The molecule has 0 aliphatic heterocycles. The largest absolute Gasteiger partial charge is 0.389 e. The molecule has 0 heterocycles. The molecule has 0 saturated heterocycles. The van der Waals surface area contributed by atoms with E-state index in [9.17, 15) is 5.11 Å². The molecule has 0 amide bonds. The number of benzene rings is 1. The van der Waals surface area contributed by atoms with E-state index in [0.29, 0.717) is 5.92 Å². The van der Waals surface area contributed by atoms with Crippen LogP contribution in [0.5, 0.6) is 0 Å². The molecule has 0 bridgehead atoms. The van der Waals surface area contributed by atoms with Crippen LogP contribution in [0, 0.1) is 0 Å². The second kappa shape index (κ2) is 5.32. The van der Waals surface area contributed by atoms with Crippen LogP contribution in [0.2, 0.25) is 0 Å². The van der Waals surface area contributed by atoms with Gasteiger partial charge in [0.05, 0.1) is 6.10 Å². The third-order valence-electron chi connectivity index (χ3n) is 3.20. The summed E-state index contributed by atoms with van der Waals surface area (Å²) in [6.45, 7) is 8.46. The third kappa shape index (κ3) is 2.60. The van der Waals surface area contributed by atoms with E-state index in [4.69, 9.17) is 0 Å². The van der Waals surface area contributed by atoms with Crippen LogP contribution in [0.15, 0.2) is 18.2 Å². The van der Waals surface area contributed by atoms with Crippen molar-refractivity contribution in [2.45, 2.75) is 52.6 Å².